The maximum atomic E-state index is 5.92. The zero-order valence-electron chi connectivity index (χ0n) is 56.9. The fourth-order valence-corrected chi connectivity index (χ4v) is 15.9. The van der Waals surface area contributed by atoms with Crippen LogP contribution in [0.15, 0.2) is 206 Å². The molecule has 92 heavy (non-hydrogen) atoms. The van der Waals surface area contributed by atoms with Crippen LogP contribution in [0.4, 0.5) is 0 Å². The number of fused-ring (bicyclic) bond motifs is 6. The largest absolute Gasteiger partial charge is 0.494 e. The standard InChI is InChI=1S/C91H100O/c1-9-14-18-22-50-90(51-23-19-15-10-2)86-60-71(40-46-82(86)84-48-42-73(62-88(84)90)79-56-75(67-32-26-64(6)27-33-67)54-76(57-79)68-34-28-65(7)29-35-68)72-41-47-83-85-49-43-74(63-89(85)91(87(83)61-72,52-24-20-16-11-3)53-25-21-17-12-4)80-58-77(69-36-30-66(8)31-37-69)55-78(59-80)70-38-44-81(45-39-70)92-13-5/h26-49,54-63H,9-25,50-53H2,1-8H3. The zero-order chi connectivity index (χ0) is 63.6. The summed E-state index contributed by atoms with van der Waals surface area (Å²) in [6, 6.07) is 81.3. The van der Waals surface area contributed by atoms with Crippen molar-refractivity contribution in [2.75, 3.05) is 6.61 Å². The van der Waals surface area contributed by atoms with Crippen LogP contribution < -0.4 is 4.74 Å². The second kappa shape index (κ2) is 29.3. The van der Waals surface area contributed by atoms with Gasteiger partial charge < -0.3 is 4.74 Å². The normalized spacial score (nSPS) is 13.2. The van der Waals surface area contributed by atoms with Gasteiger partial charge >= 0.3 is 0 Å². The van der Waals surface area contributed by atoms with Crippen LogP contribution in [-0.2, 0) is 10.8 Å². The van der Waals surface area contributed by atoms with Crippen molar-refractivity contribution < 1.29 is 4.74 Å². The predicted octanol–water partition coefficient (Wildman–Crippen LogP) is 27.1. The van der Waals surface area contributed by atoms with E-state index in [1.165, 1.54) is 238 Å². The monoisotopic (exact) mass is 1210 g/mol. The number of hydrogen-bond donors (Lipinski definition) is 0. The van der Waals surface area contributed by atoms with E-state index in [4.69, 9.17) is 4.74 Å². The van der Waals surface area contributed by atoms with E-state index in [2.05, 4.69) is 262 Å². The highest BCUT2D eigenvalue weighted by atomic mass is 16.5. The third-order valence-electron chi connectivity index (χ3n) is 21.1. The molecule has 0 N–H and O–H groups in total. The molecule has 0 fully saturated rings. The first kappa shape index (κ1) is 64.1. The molecule has 10 aromatic rings. The summed E-state index contributed by atoms with van der Waals surface area (Å²) in [5.41, 5.74) is 33.4. The van der Waals surface area contributed by atoms with E-state index in [1.807, 2.05) is 0 Å². The van der Waals surface area contributed by atoms with Crippen LogP contribution >= 0.6 is 0 Å². The second-order valence-electron chi connectivity index (χ2n) is 27.6. The highest BCUT2D eigenvalue weighted by Crippen LogP contribution is 2.59. The van der Waals surface area contributed by atoms with E-state index >= 15 is 0 Å². The smallest absolute Gasteiger partial charge is 0.119 e. The molecule has 10 aromatic carbocycles. The van der Waals surface area contributed by atoms with Gasteiger partial charge in [0.05, 0.1) is 6.61 Å². The number of benzene rings is 10. The number of unbranched alkanes of at least 4 members (excludes halogenated alkanes) is 12. The van der Waals surface area contributed by atoms with Crippen LogP contribution in [0.25, 0.3) is 100 Å². The molecular weight excluding hydrogens is 1110 g/mol. The molecule has 2 aliphatic rings. The minimum Gasteiger partial charge on any atom is -0.494 e. The Labute approximate surface area is 553 Å². The van der Waals surface area contributed by atoms with Crippen molar-refractivity contribution in [3.05, 3.63) is 245 Å². The number of aryl methyl sites for hydroxylation is 3. The van der Waals surface area contributed by atoms with Crippen molar-refractivity contribution >= 4 is 0 Å². The lowest BCUT2D eigenvalue weighted by atomic mass is 9.69. The highest BCUT2D eigenvalue weighted by molar-refractivity contribution is 5.91. The Morgan fingerprint density at radius 2 is 0.457 bits per heavy atom. The molecule has 470 valence electrons. The third-order valence-corrected chi connectivity index (χ3v) is 21.1. The minimum absolute atomic E-state index is 0.0955. The van der Waals surface area contributed by atoms with Crippen LogP contribution in [0.2, 0.25) is 0 Å². The lowest BCUT2D eigenvalue weighted by Gasteiger charge is -2.34. The van der Waals surface area contributed by atoms with Crippen molar-refractivity contribution in [3.63, 3.8) is 0 Å². The number of hydrogen-bond acceptors (Lipinski definition) is 1. The summed E-state index contributed by atoms with van der Waals surface area (Å²) in [5, 5.41) is 0. The van der Waals surface area contributed by atoms with Gasteiger partial charge in [-0.3, -0.25) is 0 Å². The summed E-state index contributed by atoms with van der Waals surface area (Å²) in [7, 11) is 0. The molecule has 1 heteroatoms. The first-order valence-corrected chi connectivity index (χ1v) is 35.9. The fourth-order valence-electron chi connectivity index (χ4n) is 15.9. The Hall–Kier alpha value is -8.00. The van der Waals surface area contributed by atoms with Crippen LogP contribution in [0.5, 0.6) is 5.75 Å². The van der Waals surface area contributed by atoms with E-state index in [1.54, 1.807) is 16.7 Å². The van der Waals surface area contributed by atoms with Crippen molar-refractivity contribution in [3.8, 4) is 106 Å². The minimum atomic E-state index is -0.105. The molecular formula is C91H100O. The van der Waals surface area contributed by atoms with Gasteiger partial charge in [-0.1, -0.05) is 281 Å². The maximum absolute atomic E-state index is 5.92. The molecule has 0 unspecified atom stereocenters. The van der Waals surface area contributed by atoms with Gasteiger partial charge in [-0.15, -0.1) is 0 Å². The fraction of sp³-hybridized carbons (Fsp3) is 0.341. The molecule has 2 aliphatic carbocycles. The Morgan fingerprint density at radius 3 is 0.707 bits per heavy atom. The summed E-state index contributed by atoms with van der Waals surface area (Å²) >= 11 is 0. The van der Waals surface area contributed by atoms with Gasteiger partial charge in [0.2, 0.25) is 0 Å². The lowest BCUT2D eigenvalue weighted by Crippen LogP contribution is -2.26. The van der Waals surface area contributed by atoms with Gasteiger partial charge in [0.15, 0.2) is 0 Å². The Bertz CT molecular complexity index is 4030. The van der Waals surface area contributed by atoms with Crippen molar-refractivity contribution in [1.29, 1.82) is 0 Å². The first-order chi connectivity index (χ1) is 45.0. The van der Waals surface area contributed by atoms with E-state index < -0.39 is 0 Å². The Morgan fingerprint density at radius 1 is 0.228 bits per heavy atom. The topological polar surface area (TPSA) is 9.23 Å². The second-order valence-corrected chi connectivity index (χ2v) is 27.6. The molecule has 0 spiro atoms. The summed E-state index contributed by atoms with van der Waals surface area (Å²) in [6.07, 6.45) is 24.7. The van der Waals surface area contributed by atoms with Gasteiger partial charge in [-0.2, -0.15) is 0 Å². The Balaban J connectivity index is 0.988. The highest BCUT2D eigenvalue weighted by Gasteiger charge is 2.45. The summed E-state index contributed by atoms with van der Waals surface area (Å²) in [5.74, 6) is 0.908. The molecule has 0 heterocycles. The molecule has 0 bridgehead atoms. The molecule has 0 aliphatic heterocycles. The van der Waals surface area contributed by atoms with Crippen molar-refractivity contribution in [2.45, 2.75) is 195 Å². The van der Waals surface area contributed by atoms with Crippen LogP contribution in [0.3, 0.4) is 0 Å². The van der Waals surface area contributed by atoms with Gasteiger partial charge in [0.1, 0.15) is 5.75 Å². The maximum Gasteiger partial charge on any atom is 0.119 e. The van der Waals surface area contributed by atoms with Gasteiger partial charge in [-0.05, 0) is 249 Å². The summed E-state index contributed by atoms with van der Waals surface area (Å²) in [4.78, 5) is 0. The Kier molecular flexibility index (Phi) is 20.4. The van der Waals surface area contributed by atoms with E-state index in [9.17, 15) is 0 Å². The molecule has 12 rings (SSSR count). The molecule has 0 radical (unpaired) electrons. The van der Waals surface area contributed by atoms with Crippen LogP contribution in [0.1, 0.15) is 202 Å². The van der Waals surface area contributed by atoms with Gasteiger partial charge in [-0.25, -0.2) is 0 Å². The molecule has 0 saturated heterocycles. The van der Waals surface area contributed by atoms with Gasteiger partial charge in [0, 0.05) is 10.8 Å². The van der Waals surface area contributed by atoms with E-state index in [0.717, 1.165) is 18.6 Å². The average molecular weight is 1210 g/mol. The van der Waals surface area contributed by atoms with E-state index in [-0.39, 0.29) is 10.8 Å². The third kappa shape index (κ3) is 13.6. The molecule has 0 amide bonds. The van der Waals surface area contributed by atoms with Crippen molar-refractivity contribution in [1.82, 2.24) is 0 Å². The summed E-state index contributed by atoms with van der Waals surface area (Å²) in [6.45, 7) is 18.7. The molecule has 0 atom stereocenters. The van der Waals surface area contributed by atoms with Crippen molar-refractivity contribution in [2.24, 2.45) is 0 Å². The zero-order valence-corrected chi connectivity index (χ0v) is 56.9. The molecule has 0 aromatic heterocycles. The molecule has 1 nitrogen and oxygen atoms in total. The SMILES string of the molecule is CCCCCCC1(CCCCCC)c2cc(-c3cc(-c4ccc(C)cc4)cc(-c4ccc(C)cc4)c3)ccc2-c2ccc(-c3ccc4c(c3)C(CCCCCC)(CCCCCC)c3cc(-c5cc(-c6ccc(C)cc6)cc(-c6ccc(OCC)cc6)c5)ccc3-4)cc21. The first-order valence-electron chi connectivity index (χ1n) is 35.9. The summed E-state index contributed by atoms with van der Waals surface area (Å²) < 4.78 is 5.92. The van der Waals surface area contributed by atoms with Crippen LogP contribution in [0, 0.1) is 20.8 Å². The molecule has 0 saturated carbocycles. The number of rotatable bonds is 29. The van der Waals surface area contributed by atoms with Gasteiger partial charge in [0.25, 0.3) is 0 Å². The number of ether oxygens (including phenoxy) is 1. The van der Waals surface area contributed by atoms with E-state index in [0.29, 0.717) is 6.61 Å². The quantitative estimate of drug-likeness (QED) is 0.0425. The van der Waals surface area contributed by atoms with Crippen LogP contribution in [-0.4, -0.2) is 6.61 Å². The lowest BCUT2D eigenvalue weighted by molar-refractivity contribution is 0.340. The average Bonchev–Trinajstić information content (AvgIpc) is 1.56. The predicted molar refractivity (Wildman–Crippen MR) is 397 cm³/mol.